The van der Waals surface area contributed by atoms with Crippen LogP contribution in [0, 0.1) is 0 Å². The van der Waals surface area contributed by atoms with E-state index in [1.807, 2.05) is 34.5 Å². The largest absolute Gasteiger partial charge is 0.480 e. The molecule has 3 rings (SSSR count). The van der Waals surface area contributed by atoms with Crippen molar-refractivity contribution in [1.82, 2.24) is 4.90 Å². The quantitative estimate of drug-likeness (QED) is 0.852. The Hall–Kier alpha value is -0.880. The SMILES string of the molecule is O=C(O)C1c2ccsc2CCN1Cc1ccc(Cl)cc1Br. The van der Waals surface area contributed by atoms with Gasteiger partial charge in [-0.25, -0.2) is 0 Å². The van der Waals surface area contributed by atoms with Crippen LogP contribution in [-0.2, 0) is 17.8 Å². The third-order valence-electron chi connectivity index (χ3n) is 3.69. The van der Waals surface area contributed by atoms with Crippen LogP contribution in [0.1, 0.15) is 22.0 Å². The lowest BCUT2D eigenvalue weighted by atomic mass is 9.99. The van der Waals surface area contributed by atoms with Gasteiger partial charge >= 0.3 is 5.97 Å². The lowest BCUT2D eigenvalue weighted by Gasteiger charge is -2.33. The summed E-state index contributed by atoms with van der Waals surface area (Å²) in [6.45, 7) is 1.34. The minimum Gasteiger partial charge on any atom is -0.480 e. The molecule has 0 bridgehead atoms. The van der Waals surface area contributed by atoms with Gasteiger partial charge in [0.25, 0.3) is 0 Å². The Labute approximate surface area is 140 Å². The molecule has 21 heavy (non-hydrogen) atoms. The molecular formula is C15H13BrClNO2S. The molecule has 0 saturated heterocycles. The van der Waals surface area contributed by atoms with Crippen LogP contribution in [-0.4, -0.2) is 22.5 Å². The van der Waals surface area contributed by atoms with Crippen LogP contribution in [0.4, 0.5) is 0 Å². The first kappa shape index (κ1) is 15.0. The van der Waals surface area contributed by atoms with Crippen molar-refractivity contribution in [2.24, 2.45) is 0 Å². The van der Waals surface area contributed by atoms with Gasteiger partial charge in [-0.05, 0) is 41.1 Å². The molecule has 0 saturated carbocycles. The number of carboxylic acids is 1. The van der Waals surface area contributed by atoms with Crippen molar-refractivity contribution in [2.75, 3.05) is 6.54 Å². The van der Waals surface area contributed by atoms with E-state index in [2.05, 4.69) is 15.9 Å². The third kappa shape index (κ3) is 3.01. The van der Waals surface area contributed by atoms with Crippen molar-refractivity contribution < 1.29 is 9.90 Å². The Bertz CT molecular complexity index is 688. The number of rotatable bonds is 3. The molecule has 2 heterocycles. The second-order valence-electron chi connectivity index (χ2n) is 5.00. The van der Waals surface area contributed by atoms with Gasteiger partial charge in [-0.2, -0.15) is 0 Å². The summed E-state index contributed by atoms with van der Waals surface area (Å²) in [5.41, 5.74) is 1.98. The minimum absolute atomic E-state index is 0.567. The molecule has 6 heteroatoms. The van der Waals surface area contributed by atoms with E-state index < -0.39 is 12.0 Å². The average Bonchev–Trinajstić information content (AvgIpc) is 2.89. The predicted octanol–water partition coefficient (Wildman–Crippen LogP) is 4.35. The van der Waals surface area contributed by atoms with Gasteiger partial charge in [-0.15, -0.1) is 11.3 Å². The highest BCUT2D eigenvalue weighted by molar-refractivity contribution is 9.10. The Morgan fingerprint density at radius 2 is 2.29 bits per heavy atom. The number of aliphatic carboxylic acids is 1. The Balaban J connectivity index is 1.90. The Morgan fingerprint density at radius 3 is 3.00 bits per heavy atom. The van der Waals surface area contributed by atoms with Gasteiger partial charge in [-0.1, -0.05) is 33.6 Å². The summed E-state index contributed by atoms with van der Waals surface area (Å²) >= 11 is 11.1. The first-order valence-electron chi connectivity index (χ1n) is 6.53. The fourth-order valence-corrected chi connectivity index (χ4v) is 4.41. The van der Waals surface area contributed by atoms with Crippen LogP contribution in [0.15, 0.2) is 34.1 Å². The highest BCUT2D eigenvalue weighted by Crippen LogP contribution is 2.35. The fraction of sp³-hybridized carbons (Fsp3) is 0.267. The van der Waals surface area contributed by atoms with Crippen LogP contribution in [0.5, 0.6) is 0 Å². The number of fused-ring (bicyclic) bond motifs is 1. The van der Waals surface area contributed by atoms with Gasteiger partial charge in [0, 0.05) is 27.5 Å². The molecule has 1 aromatic carbocycles. The number of carboxylic acid groups (broad SMARTS) is 1. The van der Waals surface area contributed by atoms with Crippen LogP contribution < -0.4 is 0 Å². The normalized spacial score (nSPS) is 18.5. The number of hydrogen-bond acceptors (Lipinski definition) is 3. The summed E-state index contributed by atoms with van der Waals surface area (Å²) in [4.78, 5) is 14.9. The Kier molecular flexibility index (Phi) is 4.36. The maximum atomic E-state index is 11.7. The van der Waals surface area contributed by atoms with E-state index in [1.165, 1.54) is 4.88 Å². The molecule has 3 nitrogen and oxygen atoms in total. The van der Waals surface area contributed by atoms with Crippen LogP contribution >= 0.6 is 38.9 Å². The van der Waals surface area contributed by atoms with E-state index in [4.69, 9.17) is 11.6 Å². The standard InChI is InChI=1S/C15H13BrClNO2S/c16-12-7-10(17)2-1-9(12)8-18-5-3-13-11(4-6-21-13)14(18)15(19)20/h1-2,4,6-7,14H,3,5,8H2,(H,19,20). The molecule has 1 unspecified atom stereocenters. The average molecular weight is 387 g/mol. The van der Waals surface area contributed by atoms with E-state index in [9.17, 15) is 9.90 Å². The van der Waals surface area contributed by atoms with Crippen molar-refractivity contribution in [2.45, 2.75) is 19.0 Å². The van der Waals surface area contributed by atoms with Crippen molar-refractivity contribution >= 4 is 44.8 Å². The van der Waals surface area contributed by atoms with Gasteiger partial charge < -0.3 is 5.11 Å². The zero-order valence-corrected chi connectivity index (χ0v) is 14.2. The van der Waals surface area contributed by atoms with Crippen molar-refractivity contribution in [3.63, 3.8) is 0 Å². The maximum Gasteiger partial charge on any atom is 0.325 e. The summed E-state index contributed by atoms with van der Waals surface area (Å²) in [6, 6.07) is 6.97. The molecule has 110 valence electrons. The highest BCUT2D eigenvalue weighted by atomic mass is 79.9. The van der Waals surface area contributed by atoms with Crippen LogP contribution in [0.3, 0.4) is 0 Å². The summed E-state index contributed by atoms with van der Waals surface area (Å²) in [7, 11) is 0. The molecule has 0 aliphatic carbocycles. The highest BCUT2D eigenvalue weighted by Gasteiger charge is 2.33. The Morgan fingerprint density at radius 1 is 1.48 bits per heavy atom. The number of carbonyl (C=O) groups is 1. The minimum atomic E-state index is -0.792. The molecule has 1 aromatic heterocycles. The number of hydrogen-bond donors (Lipinski definition) is 1. The van der Waals surface area contributed by atoms with E-state index >= 15 is 0 Å². The van der Waals surface area contributed by atoms with Gasteiger partial charge in [0.1, 0.15) is 6.04 Å². The topological polar surface area (TPSA) is 40.5 Å². The molecule has 2 aromatic rings. The molecule has 1 aliphatic rings. The van der Waals surface area contributed by atoms with Gasteiger partial charge in [0.15, 0.2) is 0 Å². The fourth-order valence-electron chi connectivity index (χ4n) is 2.70. The zero-order valence-electron chi connectivity index (χ0n) is 11.1. The van der Waals surface area contributed by atoms with E-state index in [-0.39, 0.29) is 0 Å². The van der Waals surface area contributed by atoms with E-state index in [0.717, 1.165) is 28.6 Å². The first-order chi connectivity index (χ1) is 10.1. The lowest BCUT2D eigenvalue weighted by Crippen LogP contribution is -2.38. The lowest BCUT2D eigenvalue weighted by molar-refractivity contribution is -0.144. The number of benzene rings is 1. The summed E-state index contributed by atoms with van der Waals surface area (Å²) in [5, 5.41) is 12.2. The molecular weight excluding hydrogens is 374 g/mol. The third-order valence-corrected chi connectivity index (χ3v) is 5.66. The number of nitrogens with zero attached hydrogens (tertiary/aromatic N) is 1. The number of halogens is 2. The smallest absolute Gasteiger partial charge is 0.325 e. The molecule has 1 atom stereocenters. The second kappa shape index (κ2) is 6.08. The number of thiophene rings is 1. The van der Waals surface area contributed by atoms with Gasteiger partial charge in [-0.3, -0.25) is 9.69 Å². The summed E-state index contributed by atoms with van der Waals surface area (Å²) in [5.74, 6) is -0.792. The van der Waals surface area contributed by atoms with Crippen molar-refractivity contribution in [1.29, 1.82) is 0 Å². The first-order valence-corrected chi connectivity index (χ1v) is 8.58. The maximum absolute atomic E-state index is 11.7. The second-order valence-corrected chi connectivity index (χ2v) is 7.29. The van der Waals surface area contributed by atoms with Crippen molar-refractivity contribution in [3.8, 4) is 0 Å². The molecule has 0 radical (unpaired) electrons. The van der Waals surface area contributed by atoms with Crippen molar-refractivity contribution in [3.05, 3.63) is 55.1 Å². The van der Waals surface area contributed by atoms with Gasteiger partial charge in [0.05, 0.1) is 0 Å². The van der Waals surface area contributed by atoms with E-state index in [1.54, 1.807) is 11.3 Å². The van der Waals surface area contributed by atoms with Crippen LogP contribution in [0.2, 0.25) is 5.02 Å². The molecule has 1 N–H and O–H groups in total. The summed E-state index contributed by atoms with van der Waals surface area (Å²) < 4.78 is 0.912. The predicted molar refractivity (Wildman–Crippen MR) is 88.0 cm³/mol. The zero-order chi connectivity index (χ0) is 15.0. The monoisotopic (exact) mass is 385 g/mol. The molecule has 0 amide bonds. The molecule has 0 spiro atoms. The van der Waals surface area contributed by atoms with Gasteiger partial charge in [0.2, 0.25) is 0 Å². The molecule has 0 fully saturated rings. The molecule has 1 aliphatic heterocycles. The summed E-state index contributed by atoms with van der Waals surface area (Å²) in [6.07, 6.45) is 0.905. The van der Waals surface area contributed by atoms with Crippen LogP contribution in [0.25, 0.3) is 0 Å². The van der Waals surface area contributed by atoms with E-state index in [0.29, 0.717) is 11.6 Å².